The van der Waals surface area contributed by atoms with E-state index in [1.807, 2.05) is 0 Å². The van der Waals surface area contributed by atoms with E-state index in [0.29, 0.717) is 0 Å². The van der Waals surface area contributed by atoms with Crippen molar-refractivity contribution in [2.24, 2.45) is 0 Å². The Labute approximate surface area is 52.8 Å². The molecule has 0 saturated carbocycles. The molecule has 0 saturated heterocycles. The van der Waals surface area contributed by atoms with E-state index in [9.17, 15) is 9.13 Å². The van der Waals surface area contributed by atoms with Crippen LogP contribution in [0, 0.1) is 0 Å². The molecule has 0 radical (unpaired) electrons. The van der Waals surface area contributed by atoms with Crippen molar-refractivity contribution in [2.45, 2.75) is 0 Å². The van der Waals surface area contributed by atoms with Crippen molar-refractivity contribution in [1.82, 2.24) is 0 Å². The molecule has 0 aliphatic carbocycles. The number of hydrogen-bond acceptors (Lipinski definition) is 4. The molecule has 0 aromatic rings. The highest BCUT2D eigenvalue weighted by Crippen LogP contribution is 2.49. The summed E-state index contributed by atoms with van der Waals surface area (Å²) in [5.74, 6) is 0. The van der Waals surface area contributed by atoms with Crippen LogP contribution >= 0.6 is 16.1 Å². The van der Waals surface area contributed by atoms with Crippen LogP contribution in [0.5, 0.6) is 0 Å². The Morgan fingerprint density at radius 1 is 1.67 bits per heavy atom. The van der Waals surface area contributed by atoms with Crippen molar-refractivity contribution in [3.05, 3.63) is 0 Å². The first-order valence-electron chi connectivity index (χ1n) is 1.79. The maximum absolute atomic E-state index is 10.2. The fourth-order valence-corrected chi connectivity index (χ4v) is 1.22. The molecule has 0 fully saturated rings. The Morgan fingerprint density at radius 3 is 2.22 bits per heavy atom. The third-order valence-corrected chi connectivity index (χ3v) is 2.43. The van der Waals surface area contributed by atoms with Gasteiger partial charge in [-0.15, -0.1) is 0 Å². The fourth-order valence-electron chi connectivity index (χ4n) is 0.136. The van der Waals surface area contributed by atoms with Crippen LogP contribution in [-0.2, 0) is 17.9 Å². The van der Waals surface area contributed by atoms with Gasteiger partial charge in [0, 0.05) is 0 Å². The Balaban J connectivity index is 3.88. The topological polar surface area (TPSA) is 93.1 Å². The van der Waals surface area contributed by atoms with Crippen LogP contribution in [0.2, 0.25) is 0 Å². The molecule has 0 aromatic carbocycles. The molecule has 0 rings (SSSR count). The first-order valence-corrected chi connectivity index (χ1v) is 4.55. The maximum atomic E-state index is 10.2. The van der Waals surface area contributed by atoms with Gasteiger partial charge in [-0.1, -0.05) is 0 Å². The molecule has 2 N–H and O–H groups in total. The average molecular weight is 174 g/mol. The second-order valence-corrected chi connectivity index (χ2v) is 3.57. The SMILES string of the molecule is BOP(=O)(O)O[PH](=O)O. The zero-order valence-corrected chi connectivity index (χ0v) is 6.37. The summed E-state index contributed by atoms with van der Waals surface area (Å²) in [5, 5.41) is 0. The molecule has 0 spiro atoms. The molecule has 2 unspecified atom stereocenters. The standard InChI is InChI=1S/BH5O6P2/c1-6-9(4,5)7-8(2)3/h8H,1H2,(H,2,3)(H,4,5). The monoisotopic (exact) mass is 174 g/mol. The van der Waals surface area contributed by atoms with Gasteiger partial charge in [0.15, 0.2) is 0 Å². The Morgan fingerprint density at radius 2 is 2.11 bits per heavy atom. The van der Waals surface area contributed by atoms with E-state index >= 15 is 0 Å². The summed E-state index contributed by atoms with van der Waals surface area (Å²) in [4.78, 5) is 16.2. The molecule has 0 amide bonds. The van der Waals surface area contributed by atoms with Gasteiger partial charge in [0.2, 0.25) is 0 Å². The van der Waals surface area contributed by atoms with Gasteiger partial charge in [-0.2, -0.15) is 0 Å². The highest BCUT2D eigenvalue weighted by molar-refractivity contribution is 7.56. The quantitative estimate of drug-likeness (QED) is 0.423. The van der Waals surface area contributed by atoms with E-state index in [1.54, 1.807) is 0 Å². The molecule has 0 aromatic heterocycles. The summed E-state index contributed by atoms with van der Waals surface area (Å²) < 4.78 is 27.3. The van der Waals surface area contributed by atoms with Crippen LogP contribution in [0.15, 0.2) is 0 Å². The van der Waals surface area contributed by atoms with Crippen molar-refractivity contribution in [3.8, 4) is 0 Å². The Hall–Kier alpha value is 0.365. The fraction of sp³-hybridized carbons (Fsp3) is 0. The third-order valence-electron chi connectivity index (χ3n) is 0.424. The van der Waals surface area contributed by atoms with Gasteiger partial charge < -0.3 is 14.2 Å². The minimum atomic E-state index is -4.25. The second-order valence-electron chi connectivity index (χ2n) is 1.01. The summed E-state index contributed by atoms with van der Waals surface area (Å²) in [7, 11) is -6.74. The van der Waals surface area contributed by atoms with Crippen molar-refractivity contribution in [1.29, 1.82) is 0 Å². The van der Waals surface area contributed by atoms with Crippen LogP contribution in [0.3, 0.4) is 0 Å². The molecule has 0 heterocycles. The van der Waals surface area contributed by atoms with Crippen molar-refractivity contribution >= 4 is 24.1 Å². The first-order chi connectivity index (χ1) is 3.98. The van der Waals surface area contributed by atoms with Gasteiger partial charge in [0.25, 0.3) is 8.05 Å². The van der Waals surface area contributed by atoms with Crippen LogP contribution < -0.4 is 0 Å². The van der Waals surface area contributed by atoms with E-state index in [0.717, 1.165) is 8.05 Å². The molecule has 9 heavy (non-hydrogen) atoms. The zero-order valence-electron chi connectivity index (χ0n) is 4.47. The molecule has 0 bridgehead atoms. The average Bonchev–Trinajstić information content (AvgIpc) is 1.63. The highest BCUT2D eigenvalue weighted by atomic mass is 31.2. The molecule has 0 aliphatic heterocycles. The van der Waals surface area contributed by atoms with E-state index in [2.05, 4.69) is 8.75 Å². The van der Waals surface area contributed by atoms with Crippen LogP contribution in [0.4, 0.5) is 0 Å². The maximum Gasteiger partial charge on any atom is 0.464 e. The van der Waals surface area contributed by atoms with E-state index < -0.39 is 16.1 Å². The minimum Gasteiger partial charge on any atom is -0.358 e. The number of phosphoric acid groups is 1. The summed E-state index contributed by atoms with van der Waals surface area (Å²) in [6.45, 7) is 0. The van der Waals surface area contributed by atoms with Gasteiger partial charge in [-0.25, -0.2) is 8.88 Å². The summed E-state index contributed by atoms with van der Waals surface area (Å²) in [6, 6.07) is 0. The molecule has 9 heteroatoms. The molecular formula is H5BO6P2. The van der Waals surface area contributed by atoms with Crippen molar-refractivity contribution in [3.63, 3.8) is 0 Å². The predicted octanol–water partition coefficient (Wildman–Crippen LogP) is -0.950. The lowest BCUT2D eigenvalue weighted by molar-refractivity contribution is 0.287. The van der Waals surface area contributed by atoms with E-state index in [1.165, 1.54) is 0 Å². The lowest BCUT2D eigenvalue weighted by Crippen LogP contribution is -1.83. The molecular weight excluding hydrogens is 169 g/mol. The first kappa shape index (κ1) is 9.36. The summed E-state index contributed by atoms with van der Waals surface area (Å²) in [6.07, 6.45) is 0. The van der Waals surface area contributed by atoms with Gasteiger partial charge in [0.05, 0.1) is 0 Å². The summed E-state index contributed by atoms with van der Waals surface area (Å²) in [5.41, 5.74) is 0. The van der Waals surface area contributed by atoms with Crippen molar-refractivity contribution < 1.29 is 27.7 Å². The van der Waals surface area contributed by atoms with Crippen LogP contribution in [0.1, 0.15) is 0 Å². The highest BCUT2D eigenvalue weighted by Gasteiger charge is 2.19. The normalized spacial score (nSPS) is 20.7. The van der Waals surface area contributed by atoms with E-state index in [-0.39, 0.29) is 0 Å². The lowest BCUT2D eigenvalue weighted by atomic mass is 10.6. The number of hydrogen-bond donors (Lipinski definition) is 2. The molecule has 2 atom stereocenters. The minimum absolute atomic E-state index is 0.894. The van der Waals surface area contributed by atoms with Crippen molar-refractivity contribution in [2.75, 3.05) is 0 Å². The Bertz CT molecular complexity index is 151. The second kappa shape index (κ2) is 3.51. The molecule has 0 aliphatic rings. The Kier molecular flexibility index (Phi) is 3.66. The molecule has 54 valence electrons. The van der Waals surface area contributed by atoms with Gasteiger partial charge in [-0.05, 0) is 0 Å². The molecule has 6 nitrogen and oxygen atoms in total. The largest absolute Gasteiger partial charge is 0.464 e. The van der Waals surface area contributed by atoms with Crippen LogP contribution in [0.25, 0.3) is 0 Å². The van der Waals surface area contributed by atoms with E-state index in [4.69, 9.17) is 9.79 Å². The predicted molar refractivity (Wildman–Crippen MR) is 31.8 cm³/mol. The number of rotatable bonds is 3. The third kappa shape index (κ3) is 4.84. The van der Waals surface area contributed by atoms with Gasteiger partial charge in [-0.3, -0.25) is 4.57 Å². The smallest absolute Gasteiger partial charge is 0.358 e. The lowest BCUT2D eigenvalue weighted by Gasteiger charge is -2.04. The van der Waals surface area contributed by atoms with Gasteiger partial charge >= 0.3 is 16.1 Å². The summed E-state index contributed by atoms with van der Waals surface area (Å²) >= 11 is 0. The zero-order chi connectivity index (χ0) is 7.49. The van der Waals surface area contributed by atoms with Gasteiger partial charge in [0.1, 0.15) is 0 Å². The van der Waals surface area contributed by atoms with Crippen LogP contribution in [-0.4, -0.2) is 17.8 Å².